The summed E-state index contributed by atoms with van der Waals surface area (Å²) in [6.07, 6.45) is 0. The monoisotopic (exact) mass is 272 g/mol. The number of carbonyl (C=O) groups is 1. The minimum Gasteiger partial charge on any atom is -0.335 e. The molecule has 1 fully saturated rings. The molecule has 1 amide bonds. The second-order valence-electron chi connectivity index (χ2n) is 4.23. The van der Waals surface area contributed by atoms with E-state index in [9.17, 15) is 4.79 Å². The van der Waals surface area contributed by atoms with Crippen LogP contribution in [-0.4, -0.2) is 54.3 Å². The van der Waals surface area contributed by atoms with E-state index in [0.717, 1.165) is 37.6 Å². The first-order chi connectivity index (χ1) is 8.20. The van der Waals surface area contributed by atoms with Crippen LogP contribution >= 0.6 is 22.9 Å². The van der Waals surface area contributed by atoms with Gasteiger partial charge in [0.15, 0.2) is 0 Å². The summed E-state index contributed by atoms with van der Waals surface area (Å²) in [5.74, 6) is 0.839. The fraction of sp³-hybridized carbons (Fsp3) is 0.583. The van der Waals surface area contributed by atoms with Crippen LogP contribution in [0.5, 0.6) is 0 Å². The van der Waals surface area contributed by atoms with Crippen LogP contribution in [-0.2, 0) is 0 Å². The fourth-order valence-corrected chi connectivity index (χ4v) is 3.07. The van der Waals surface area contributed by atoms with Gasteiger partial charge in [0.25, 0.3) is 5.91 Å². The molecule has 2 rings (SSSR count). The van der Waals surface area contributed by atoms with Crippen molar-refractivity contribution in [1.29, 1.82) is 0 Å². The Hall–Kier alpha value is -0.580. The Labute approximate surface area is 111 Å². The number of amides is 1. The molecular weight excluding hydrogens is 256 g/mol. The first-order valence-corrected chi connectivity index (χ1v) is 7.20. The summed E-state index contributed by atoms with van der Waals surface area (Å²) in [6.45, 7) is 6.44. The number of carbonyl (C=O) groups excluding carboxylic acids is 1. The molecule has 0 radical (unpaired) electrons. The fourth-order valence-electron chi connectivity index (χ4n) is 2.00. The van der Waals surface area contributed by atoms with Crippen molar-refractivity contribution in [3.63, 3.8) is 0 Å². The van der Waals surface area contributed by atoms with E-state index < -0.39 is 0 Å². The largest absolute Gasteiger partial charge is 0.335 e. The van der Waals surface area contributed by atoms with Crippen molar-refractivity contribution < 1.29 is 4.79 Å². The van der Waals surface area contributed by atoms with Crippen molar-refractivity contribution in [2.75, 3.05) is 38.6 Å². The van der Waals surface area contributed by atoms with Crippen LogP contribution in [0.25, 0.3) is 0 Å². The van der Waals surface area contributed by atoms with Crippen LogP contribution in [0, 0.1) is 6.92 Å². The Morgan fingerprint density at radius 2 is 2.06 bits per heavy atom. The molecule has 1 aliphatic rings. The third kappa shape index (κ3) is 3.21. The molecule has 1 saturated heterocycles. The third-order valence-corrected chi connectivity index (χ3v) is 4.17. The number of hydrogen-bond acceptors (Lipinski definition) is 3. The number of piperazine rings is 1. The van der Waals surface area contributed by atoms with Gasteiger partial charge in [0.2, 0.25) is 0 Å². The van der Waals surface area contributed by atoms with Crippen LogP contribution in [0.15, 0.2) is 12.1 Å². The van der Waals surface area contributed by atoms with Crippen molar-refractivity contribution >= 4 is 28.8 Å². The van der Waals surface area contributed by atoms with Gasteiger partial charge in [-0.15, -0.1) is 22.9 Å². The van der Waals surface area contributed by atoms with Gasteiger partial charge < -0.3 is 4.90 Å². The molecule has 17 heavy (non-hydrogen) atoms. The number of thiophene rings is 1. The van der Waals surface area contributed by atoms with Crippen molar-refractivity contribution in [3.8, 4) is 0 Å². The molecule has 0 unspecified atom stereocenters. The Morgan fingerprint density at radius 1 is 1.35 bits per heavy atom. The van der Waals surface area contributed by atoms with Crippen molar-refractivity contribution in [3.05, 3.63) is 21.9 Å². The first kappa shape index (κ1) is 12.9. The van der Waals surface area contributed by atoms with E-state index in [1.54, 1.807) is 11.3 Å². The number of alkyl halides is 1. The maximum Gasteiger partial charge on any atom is 0.264 e. The normalized spacial score (nSPS) is 17.4. The Balaban J connectivity index is 1.90. The summed E-state index contributed by atoms with van der Waals surface area (Å²) in [4.78, 5) is 18.5. The summed E-state index contributed by atoms with van der Waals surface area (Å²) in [5.41, 5.74) is 0. The molecular formula is C12H17ClN2OS. The maximum absolute atomic E-state index is 12.2. The Bertz CT molecular complexity index is 386. The van der Waals surface area contributed by atoms with Crippen LogP contribution < -0.4 is 0 Å². The lowest BCUT2D eigenvalue weighted by molar-refractivity contribution is 0.0649. The standard InChI is InChI=1S/C12H17ClN2OS/c1-10-2-3-11(17-10)12(16)15-8-6-14(5-4-13)7-9-15/h2-3H,4-9H2,1H3. The van der Waals surface area contributed by atoms with Crippen molar-refractivity contribution in [2.24, 2.45) is 0 Å². The predicted molar refractivity (Wildman–Crippen MR) is 72.1 cm³/mol. The highest BCUT2D eigenvalue weighted by molar-refractivity contribution is 7.13. The molecule has 3 nitrogen and oxygen atoms in total. The molecule has 0 N–H and O–H groups in total. The molecule has 1 aliphatic heterocycles. The highest BCUT2D eigenvalue weighted by Gasteiger charge is 2.22. The molecule has 0 aromatic carbocycles. The van der Waals surface area contributed by atoms with Gasteiger partial charge in [-0.05, 0) is 19.1 Å². The second-order valence-corrected chi connectivity index (χ2v) is 5.90. The van der Waals surface area contributed by atoms with Gasteiger partial charge in [-0.2, -0.15) is 0 Å². The molecule has 5 heteroatoms. The summed E-state index contributed by atoms with van der Waals surface area (Å²) in [5, 5.41) is 0. The SMILES string of the molecule is Cc1ccc(C(=O)N2CCN(CCCl)CC2)s1. The zero-order valence-electron chi connectivity index (χ0n) is 9.99. The van der Waals surface area contributed by atoms with E-state index in [-0.39, 0.29) is 5.91 Å². The lowest BCUT2D eigenvalue weighted by Crippen LogP contribution is -2.48. The highest BCUT2D eigenvalue weighted by Crippen LogP contribution is 2.18. The Kier molecular flexibility index (Phi) is 4.42. The van der Waals surface area contributed by atoms with E-state index >= 15 is 0 Å². The van der Waals surface area contributed by atoms with Crippen LogP contribution in [0.3, 0.4) is 0 Å². The van der Waals surface area contributed by atoms with Crippen LogP contribution in [0.4, 0.5) is 0 Å². The topological polar surface area (TPSA) is 23.6 Å². The molecule has 1 aromatic rings. The zero-order valence-corrected chi connectivity index (χ0v) is 11.6. The van der Waals surface area contributed by atoms with E-state index in [0.29, 0.717) is 5.88 Å². The third-order valence-electron chi connectivity index (χ3n) is 3.01. The number of hydrogen-bond donors (Lipinski definition) is 0. The number of halogens is 1. The van der Waals surface area contributed by atoms with Gasteiger partial charge in [0.05, 0.1) is 4.88 Å². The summed E-state index contributed by atoms with van der Waals surface area (Å²) in [7, 11) is 0. The van der Waals surface area contributed by atoms with Crippen molar-refractivity contribution in [2.45, 2.75) is 6.92 Å². The molecule has 0 atom stereocenters. The number of aryl methyl sites for hydroxylation is 1. The predicted octanol–water partition coefficient (Wildman–Crippen LogP) is 2.05. The highest BCUT2D eigenvalue weighted by atomic mass is 35.5. The quantitative estimate of drug-likeness (QED) is 0.787. The average Bonchev–Trinajstić information content (AvgIpc) is 2.76. The summed E-state index contributed by atoms with van der Waals surface area (Å²) >= 11 is 7.29. The smallest absolute Gasteiger partial charge is 0.264 e. The summed E-state index contributed by atoms with van der Waals surface area (Å²) in [6, 6.07) is 3.93. The van der Waals surface area contributed by atoms with Gasteiger partial charge in [-0.3, -0.25) is 9.69 Å². The van der Waals surface area contributed by atoms with E-state index in [2.05, 4.69) is 4.90 Å². The zero-order chi connectivity index (χ0) is 12.3. The first-order valence-electron chi connectivity index (χ1n) is 5.85. The lowest BCUT2D eigenvalue weighted by Gasteiger charge is -2.34. The van der Waals surface area contributed by atoms with E-state index in [4.69, 9.17) is 11.6 Å². The molecule has 0 bridgehead atoms. The van der Waals surface area contributed by atoms with E-state index in [1.165, 1.54) is 4.88 Å². The van der Waals surface area contributed by atoms with Gasteiger partial charge in [-0.25, -0.2) is 0 Å². The minimum atomic E-state index is 0.175. The maximum atomic E-state index is 12.2. The second kappa shape index (κ2) is 5.85. The molecule has 0 saturated carbocycles. The number of rotatable bonds is 3. The Morgan fingerprint density at radius 3 is 2.59 bits per heavy atom. The van der Waals surface area contributed by atoms with Crippen LogP contribution in [0.2, 0.25) is 0 Å². The van der Waals surface area contributed by atoms with Gasteiger partial charge in [-0.1, -0.05) is 0 Å². The number of nitrogens with zero attached hydrogens (tertiary/aromatic N) is 2. The lowest BCUT2D eigenvalue weighted by atomic mass is 10.3. The minimum absolute atomic E-state index is 0.175. The molecule has 0 spiro atoms. The van der Waals surface area contributed by atoms with E-state index in [1.807, 2.05) is 24.0 Å². The van der Waals surface area contributed by atoms with Gasteiger partial charge in [0.1, 0.15) is 0 Å². The molecule has 2 heterocycles. The van der Waals surface area contributed by atoms with Crippen molar-refractivity contribution in [1.82, 2.24) is 9.80 Å². The molecule has 0 aliphatic carbocycles. The molecule has 1 aromatic heterocycles. The van der Waals surface area contributed by atoms with Gasteiger partial charge >= 0.3 is 0 Å². The van der Waals surface area contributed by atoms with Crippen LogP contribution in [0.1, 0.15) is 14.5 Å². The average molecular weight is 273 g/mol. The van der Waals surface area contributed by atoms with Gasteiger partial charge in [0, 0.05) is 43.5 Å². The molecule has 94 valence electrons. The summed E-state index contributed by atoms with van der Waals surface area (Å²) < 4.78 is 0.